The molecule has 0 fully saturated rings. The average molecular weight is 885 g/mol. The molecule has 318 valence electrons. The molecule has 4 heteroatoms. The van der Waals surface area contributed by atoms with Gasteiger partial charge in [0, 0.05) is 58.7 Å². The quantitative estimate of drug-likeness (QED) is 0.159. The maximum absolute atomic E-state index is 7.08. The van der Waals surface area contributed by atoms with Gasteiger partial charge in [-0.3, -0.25) is 0 Å². The number of nitrogens with zero attached hydrogens (tertiary/aromatic N) is 2. The van der Waals surface area contributed by atoms with Crippen molar-refractivity contribution in [3.63, 3.8) is 0 Å². The van der Waals surface area contributed by atoms with Gasteiger partial charge in [-0.05, 0) is 118 Å². The van der Waals surface area contributed by atoms with E-state index < -0.39 is 0 Å². The summed E-state index contributed by atoms with van der Waals surface area (Å²) in [6.07, 6.45) is 0. The van der Waals surface area contributed by atoms with Gasteiger partial charge in [0.1, 0.15) is 11.2 Å². The molecule has 3 aromatic heterocycles. The van der Waals surface area contributed by atoms with Crippen LogP contribution in [0.5, 0.6) is 0 Å². The normalized spacial score (nSPS) is 11.8. The minimum Gasteiger partial charge on any atom is -0.455 e. The van der Waals surface area contributed by atoms with Crippen molar-refractivity contribution < 1.29 is 4.42 Å². The second-order valence-electron chi connectivity index (χ2n) is 17.6. The molecule has 0 N–H and O–H groups in total. The van der Waals surface area contributed by atoms with Gasteiger partial charge in [-0.15, -0.1) is 11.3 Å². The molecule has 0 spiro atoms. The predicted molar refractivity (Wildman–Crippen MR) is 289 cm³/mol. The largest absolute Gasteiger partial charge is 0.455 e. The van der Waals surface area contributed by atoms with Crippen LogP contribution in [0.15, 0.2) is 247 Å². The van der Waals surface area contributed by atoms with Crippen LogP contribution in [0.1, 0.15) is 0 Å². The fourth-order valence-electron chi connectivity index (χ4n) is 10.6. The van der Waals surface area contributed by atoms with Crippen LogP contribution in [-0.2, 0) is 0 Å². The maximum atomic E-state index is 7.08. The molecule has 0 aliphatic rings. The minimum atomic E-state index is 0.848. The molecule has 0 aliphatic heterocycles. The lowest BCUT2D eigenvalue weighted by molar-refractivity contribution is 0.670. The zero-order valence-corrected chi connectivity index (χ0v) is 37.6. The van der Waals surface area contributed by atoms with Crippen molar-refractivity contribution in [2.45, 2.75) is 0 Å². The first-order chi connectivity index (χ1) is 33.7. The van der Waals surface area contributed by atoms with Crippen molar-refractivity contribution in [1.29, 1.82) is 0 Å². The number of fused-ring (bicyclic) bond motifs is 10. The van der Waals surface area contributed by atoms with Gasteiger partial charge in [0.05, 0.1) is 28.0 Å². The lowest BCUT2D eigenvalue weighted by Crippen LogP contribution is -2.12. The van der Waals surface area contributed by atoms with E-state index in [2.05, 4.69) is 252 Å². The Morgan fingerprint density at radius 3 is 1.84 bits per heavy atom. The third-order valence-electron chi connectivity index (χ3n) is 13.8. The molecule has 3 heterocycles. The van der Waals surface area contributed by atoms with Crippen LogP contribution >= 0.6 is 11.3 Å². The van der Waals surface area contributed by atoms with E-state index in [1.165, 1.54) is 58.4 Å². The Morgan fingerprint density at radius 1 is 0.368 bits per heavy atom. The van der Waals surface area contributed by atoms with E-state index >= 15 is 0 Å². The number of aromatic nitrogens is 1. The van der Waals surface area contributed by atoms with E-state index in [4.69, 9.17) is 4.42 Å². The van der Waals surface area contributed by atoms with Crippen LogP contribution < -0.4 is 4.90 Å². The summed E-state index contributed by atoms with van der Waals surface area (Å²) in [6.45, 7) is 0. The van der Waals surface area contributed by atoms with Crippen LogP contribution in [0.25, 0.3) is 114 Å². The predicted octanol–water partition coefficient (Wildman–Crippen LogP) is 18.7. The van der Waals surface area contributed by atoms with Gasteiger partial charge in [-0.1, -0.05) is 158 Å². The van der Waals surface area contributed by atoms with Crippen molar-refractivity contribution in [3.05, 3.63) is 243 Å². The Bertz CT molecular complexity index is 4230. The highest BCUT2D eigenvalue weighted by molar-refractivity contribution is 7.25. The van der Waals surface area contributed by atoms with Gasteiger partial charge in [0.15, 0.2) is 0 Å². The second kappa shape index (κ2) is 15.5. The minimum absolute atomic E-state index is 0.848. The lowest BCUT2D eigenvalue weighted by Gasteiger charge is -2.29. The summed E-state index contributed by atoms with van der Waals surface area (Å²) < 4.78 is 12.1. The fraction of sp³-hybridized carbons (Fsp3) is 0. The molecule has 0 radical (unpaired) electrons. The van der Waals surface area contributed by atoms with Gasteiger partial charge in [0.2, 0.25) is 0 Å². The van der Waals surface area contributed by atoms with Gasteiger partial charge in [-0.2, -0.15) is 0 Å². The number of hydrogen-bond acceptors (Lipinski definition) is 3. The summed E-state index contributed by atoms with van der Waals surface area (Å²) in [4.78, 5) is 2.43. The van der Waals surface area contributed by atoms with Crippen LogP contribution in [0.2, 0.25) is 0 Å². The van der Waals surface area contributed by atoms with Gasteiger partial charge >= 0.3 is 0 Å². The molecule has 68 heavy (non-hydrogen) atoms. The molecular weight excluding hydrogens is 845 g/mol. The highest BCUT2D eigenvalue weighted by atomic mass is 32.1. The van der Waals surface area contributed by atoms with Crippen molar-refractivity contribution in [1.82, 2.24) is 4.57 Å². The fourth-order valence-corrected chi connectivity index (χ4v) is 11.7. The maximum Gasteiger partial charge on any atom is 0.145 e. The molecule has 11 aromatic carbocycles. The summed E-state index contributed by atoms with van der Waals surface area (Å²) in [5.74, 6) is 0. The van der Waals surface area contributed by atoms with Crippen LogP contribution in [-0.4, -0.2) is 4.57 Å². The molecule has 0 atom stereocenters. The molecule has 0 unspecified atom stereocenters. The third kappa shape index (κ3) is 6.12. The molecule has 0 aliphatic carbocycles. The smallest absolute Gasteiger partial charge is 0.145 e. The Morgan fingerprint density at radius 2 is 1.00 bits per heavy atom. The first-order valence-electron chi connectivity index (χ1n) is 23.2. The summed E-state index contributed by atoms with van der Waals surface area (Å²) >= 11 is 1.85. The molecule has 14 rings (SSSR count). The second-order valence-corrected chi connectivity index (χ2v) is 18.7. The SMILES string of the molecule is c1cc(-c2ccc3ccccc3c2)cc(N(c2ccc(-c3ccc4sc5ccccc5c4c3)cc2)c2ccc3c(oc4ccccc43)c2-c2ccccc2-n2c3ccccc3c3ccccc32)c1. The van der Waals surface area contributed by atoms with Crippen molar-refractivity contribution in [2.75, 3.05) is 4.90 Å². The highest BCUT2D eigenvalue weighted by Crippen LogP contribution is 2.49. The summed E-state index contributed by atoms with van der Waals surface area (Å²) in [5, 5.41) is 9.66. The molecular formula is C64H40N2OS. The Hall–Kier alpha value is -8.70. The first kappa shape index (κ1) is 38.6. The lowest BCUT2D eigenvalue weighted by atomic mass is 9.96. The highest BCUT2D eigenvalue weighted by Gasteiger charge is 2.26. The van der Waals surface area contributed by atoms with Gasteiger partial charge in [0.25, 0.3) is 0 Å². The zero-order valence-electron chi connectivity index (χ0n) is 36.8. The van der Waals surface area contributed by atoms with Crippen LogP contribution in [0, 0.1) is 0 Å². The zero-order chi connectivity index (χ0) is 44.7. The summed E-state index contributed by atoms with van der Waals surface area (Å²) in [7, 11) is 0. The van der Waals surface area contributed by atoms with E-state index in [9.17, 15) is 0 Å². The van der Waals surface area contributed by atoms with Crippen molar-refractivity contribution in [2.24, 2.45) is 0 Å². The third-order valence-corrected chi connectivity index (χ3v) is 14.9. The standard InChI is InChI=1S/C64H40N2OS/c1-2-15-43-38-45(29-28-41(43)14-1)44-16-13-17-48(39-44)65(47-33-30-42(31-34-47)46-32-37-62-55(40-46)52-21-7-12-27-61(52)68-62)59-36-35-53-51-20-6-11-26-60(51)67-64(53)63(59)54-22-5-10-25-58(54)66-56-23-8-3-18-49(56)50-19-4-9-24-57(50)66/h1-40H. The first-order valence-corrected chi connectivity index (χ1v) is 24.0. The molecule has 0 bridgehead atoms. The van der Waals surface area contributed by atoms with E-state index in [1.54, 1.807) is 0 Å². The summed E-state index contributed by atoms with van der Waals surface area (Å²) in [5.41, 5.74) is 15.0. The number of furan rings is 1. The van der Waals surface area contributed by atoms with E-state index in [0.29, 0.717) is 0 Å². The number of anilines is 3. The number of rotatable bonds is 7. The molecule has 0 saturated carbocycles. The molecule has 0 amide bonds. The number of thiophene rings is 1. The van der Waals surface area contributed by atoms with E-state index in [0.717, 1.165) is 72.4 Å². The summed E-state index contributed by atoms with van der Waals surface area (Å²) in [6, 6.07) is 88.3. The monoisotopic (exact) mass is 884 g/mol. The van der Waals surface area contributed by atoms with Crippen molar-refractivity contribution >= 4 is 103 Å². The van der Waals surface area contributed by atoms with E-state index in [-0.39, 0.29) is 0 Å². The molecule has 3 nitrogen and oxygen atoms in total. The Balaban J connectivity index is 1.02. The van der Waals surface area contributed by atoms with Gasteiger partial charge in [-0.25, -0.2) is 0 Å². The van der Waals surface area contributed by atoms with Crippen LogP contribution in [0.3, 0.4) is 0 Å². The topological polar surface area (TPSA) is 21.3 Å². The average Bonchev–Trinajstić information content (AvgIpc) is 4.08. The van der Waals surface area contributed by atoms with Gasteiger partial charge < -0.3 is 13.9 Å². The Kier molecular flexibility index (Phi) is 8.76. The number of benzene rings is 11. The number of hydrogen-bond donors (Lipinski definition) is 0. The van der Waals surface area contributed by atoms with Crippen molar-refractivity contribution in [3.8, 4) is 39.1 Å². The Labute approximate surface area is 396 Å². The van der Waals surface area contributed by atoms with Crippen LogP contribution in [0.4, 0.5) is 17.1 Å². The van der Waals surface area contributed by atoms with E-state index in [1.807, 2.05) is 11.3 Å². The molecule has 14 aromatic rings. The molecule has 0 saturated heterocycles. The number of para-hydroxylation sites is 4.